The Morgan fingerprint density at radius 3 is 2.30 bits per heavy atom. The molecule has 1 N–H and O–H groups in total. The van der Waals surface area contributed by atoms with Gasteiger partial charge in [0.05, 0.1) is 13.1 Å². The second-order valence-corrected chi connectivity index (χ2v) is 8.95. The summed E-state index contributed by atoms with van der Waals surface area (Å²) in [7, 11) is 1.91. The van der Waals surface area contributed by atoms with Gasteiger partial charge < -0.3 is 15.0 Å². The molecule has 1 aliphatic heterocycles. The number of nitrogens with one attached hydrogen (secondary N) is 1. The second-order valence-electron chi connectivity index (χ2n) is 8.51. The van der Waals surface area contributed by atoms with Crippen LogP contribution in [0, 0.1) is 13.8 Å². The molecule has 2 amide bonds. The first-order valence-corrected chi connectivity index (χ1v) is 11.6. The van der Waals surface area contributed by atoms with E-state index in [9.17, 15) is 9.59 Å². The first-order chi connectivity index (χ1) is 15.8. The number of para-hydroxylation sites is 1. The van der Waals surface area contributed by atoms with E-state index in [2.05, 4.69) is 10.2 Å². The normalized spacial score (nSPS) is 14.4. The average Bonchev–Trinajstić information content (AvgIpc) is 2.78. The number of hydrogen-bond acceptors (Lipinski definition) is 5. The summed E-state index contributed by atoms with van der Waals surface area (Å²) >= 11 is 5.88. The van der Waals surface area contributed by atoms with Crippen LogP contribution < -0.4 is 10.1 Å². The van der Waals surface area contributed by atoms with Crippen LogP contribution in [0.2, 0.25) is 5.02 Å². The van der Waals surface area contributed by atoms with Gasteiger partial charge in [-0.05, 0) is 56.3 Å². The van der Waals surface area contributed by atoms with E-state index in [-0.39, 0.29) is 11.8 Å². The number of carbonyl (C=O) groups excluding carboxylic acids is 2. The molecule has 33 heavy (non-hydrogen) atoms. The molecule has 0 saturated carbocycles. The number of benzene rings is 2. The van der Waals surface area contributed by atoms with Gasteiger partial charge in [0, 0.05) is 43.4 Å². The van der Waals surface area contributed by atoms with Gasteiger partial charge in [0.2, 0.25) is 11.8 Å². The van der Waals surface area contributed by atoms with Gasteiger partial charge in [-0.2, -0.15) is 0 Å². The molecule has 1 saturated heterocycles. The zero-order chi connectivity index (χ0) is 23.8. The van der Waals surface area contributed by atoms with Gasteiger partial charge in [0.1, 0.15) is 12.4 Å². The molecular formula is C25H33ClN4O3. The van der Waals surface area contributed by atoms with Crippen molar-refractivity contribution in [2.45, 2.75) is 13.8 Å². The molecule has 0 bridgehead atoms. The van der Waals surface area contributed by atoms with Gasteiger partial charge in [-0.1, -0.05) is 29.8 Å². The molecular weight excluding hydrogens is 440 g/mol. The molecule has 0 atom stereocenters. The maximum Gasteiger partial charge on any atom is 0.238 e. The Morgan fingerprint density at radius 2 is 1.67 bits per heavy atom. The zero-order valence-corrected chi connectivity index (χ0v) is 20.4. The molecule has 1 aliphatic rings. The molecule has 8 heteroatoms. The Bertz CT molecular complexity index is 923. The summed E-state index contributed by atoms with van der Waals surface area (Å²) < 4.78 is 5.70. The molecule has 2 aromatic rings. The van der Waals surface area contributed by atoms with Crippen molar-refractivity contribution in [1.82, 2.24) is 14.7 Å². The lowest BCUT2D eigenvalue weighted by molar-refractivity contribution is -0.134. The highest BCUT2D eigenvalue weighted by Crippen LogP contribution is 2.19. The maximum absolute atomic E-state index is 12.7. The highest BCUT2D eigenvalue weighted by Gasteiger charge is 2.23. The van der Waals surface area contributed by atoms with E-state index in [1.165, 1.54) is 0 Å². The fourth-order valence-corrected chi connectivity index (χ4v) is 3.94. The summed E-state index contributed by atoms with van der Waals surface area (Å²) in [6, 6.07) is 13.2. The Balaban J connectivity index is 1.35. The average molecular weight is 473 g/mol. The van der Waals surface area contributed by atoms with Crippen LogP contribution in [0.1, 0.15) is 11.1 Å². The number of aryl methyl sites for hydroxylation is 2. The fourth-order valence-electron chi connectivity index (χ4n) is 3.81. The number of nitrogens with zero attached hydrogens (tertiary/aromatic N) is 3. The number of rotatable bonds is 9. The monoisotopic (exact) mass is 472 g/mol. The summed E-state index contributed by atoms with van der Waals surface area (Å²) in [4.78, 5) is 31.1. The van der Waals surface area contributed by atoms with Crippen molar-refractivity contribution in [3.05, 3.63) is 58.6 Å². The minimum absolute atomic E-state index is 0.0207. The van der Waals surface area contributed by atoms with E-state index in [1.54, 1.807) is 12.1 Å². The van der Waals surface area contributed by atoms with Crippen LogP contribution >= 0.6 is 11.6 Å². The first-order valence-electron chi connectivity index (χ1n) is 11.2. The highest BCUT2D eigenvalue weighted by molar-refractivity contribution is 6.30. The zero-order valence-electron chi connectivity index (χ0n) is 19.6. The summed E-state index contributed by atoms with van der Waals surface area (Å²) in [5.74, 6) is 0.841. The third-order valence-corrected chi connectivity index (χ3v) is 6.05. The molecule has 0 aliphatic carbocycles. The van der Waals surface area contributed by atoms with Crippen molar-refractivity contribution >= 4 is 29.1 Å². The Labute approximate surface area is 201 Å². The predicted molar refractivity (Wildman–Crippen MR) is 132 cm³/mol. The van der Waals surface area contributed by atoms with E-state index < -0.39 is 0 Å². The van der Waals surface area contributed by atoms with Gasteiger partial charge in [0.25, 0.3) is 0 Å². The topological polar surface area (TPSA) is 65.1 Å². The molecule has 0 aromatic heterocycles. The van der Waals surface area contributed by atoms with E-state index in [4.69, 9.17) is 16.3 Å². The van der Waals surface area contributed by atoms with Crippen molar-refractivity contribution in [3.63, 3.8) is 0 Å². The van der Waals surface area contributed by atoms with E-state index in [0.717, 1.165) is 22.6 Å². The predicted octanol–water partition coefficient (Wildman–Crippen LogP) is 3.05. The highest BCUT2D eigenvalue weighted by atomic mass is 35.5. The third-order valence-electron chi connectivity index (χ3n) is 5.80. The van der Waals surface area contributed by atoms with Gasteiger partial charge in [-0.25, -0.2) is 0 Å². The van der Waals surface area contributed by atoms with Gasteiger partial charge in [0.15, 0.2) is 0 Å². The number of amides is 2. The van der Waals surface area contributed by atoms with Crippen molar-refractivity contribution in [2.24, 2.45) is 0 Å². The van der Waals surface area contributed by atoms with Crippen molar-refractivity contribution in [1.29, 1.82) is 0 Å². The lowest BCUT2D eigenvalue weighted by atomic mass is 10.1. The number of halogens is 1. The number of piperazine rings is 1. The standard InChI is InChI=1S/C25H33ClN4O3/c1-19-5-4-6-20(2)25(19)27-23(31)17-29-11-13-30(14-12-29)24(32)18-28(3)15-16-33-22-9-7-21(26)8-10-22/h4-10H,11-18H2,1-3H3,(H,27,31). The molecule has 3 rings (SSSR count). The Hall–Kier alpha value is -2.61. The van der Waals surface area contributed by atoms with Gasteiger partial charge in [-0.3, -0.25) is 19.4 Å². The largest absolute Gasteiger partial charge is 0.492 e. The van der Waals surface area contributed by atoms with Crippen LogP contribution in [0.5, 0.6) is 5.75 Å². The molecule has 0 unspecified atom stereocenters. The minimum atomic E-state index is -0.0207. The Kier molecular flexibility index (Phi) is 9.11. The van der Waals surface area contributed by atoms with Crippen LogP contribution in [-0.4, -0.2) is 86.0 Å². The molecule has 7 nitrogen and oxygen atoms in total. The smallest absolute Gasteiger partial charge is 0.238 e. The second kappa shape index (κ2) is 12.0. The fraction of sp³-hybridized carbons (Fsp3) is 0.440. The summed E-state index contributed by atoms with van der Waals surface area (Å²) in [5, 5.41) is 3.71. The molecule has 178 valence electrons. The summed E-state index contributed by atoms with van der Waals surface area (Å²) in [5.41, 5.74) is 3.00. The lowest BCUT2D eigenvalue weighted by Crippen LogP contribution is -2.52. The molecule has 1 heterocycles. The number of likely N-dealkylation sites (N-methyl/N-ethyl adjacent to an activating group) is 1. The third kappa shape index (κ3) is 7.74. The van der Waals surface area contributed by atoms with Crippen molar-refractivity contribution in [3.8, 4) is 5.75 Å². The maximum atomic E-state index is 12.7. The lowest BCUT2D eigenvalue weighted by Gasteiger charge is -2.35. The van der Waals surface area contributed by atoms with Crippen LogP contribution in [0.4, 0.5) is 5.69 Å². The Morgan fingerprint density at radius 1 is 1.03 bits per heavy atom. The van der Waals surface area contributed by atoms with Gasteiger partial charge >= 0.3 is 0 Å². The van der Waals surface area contributed by atoms with E-state index in [1.807, 2.05) is 61.0 Å². The number of carbonyl (C=O) groups is 2. The van der Waals surface area contributed by atoms with Crippen molar-refractivity contribution < 1.29 is 14.3 Å². The van der Waals surface area contributed by atoms with Crippen LogP contribution in [0.25, 0.3) is 0 Å². The SMILES string of the molecule is Cc1cccc(C)c1NC(=O)CN1CCN(C(=O)CN(C)CCOc2ccc(Cl)cc2)CC1. The summed E-state index contributed by atoms with van der Waals surface area (Å²) in [6.07, 6.45) is 0. The number of anilines is 1. The van der Waals surface area contributed by atoms with Crippen LogP contribution in [-0.2, 0) is 9.59 Å². The quantitative estimate of drug-likeness (QED) is 0.607. The summed E-state index contributed by atoms with van der Waals surface area (Å²) in [6.45, 7) is 8.44. The van der Waals surface area contributed by atoms with Crippen LogP contribution in [0.3, 0.4) is 0 Å². The van der Waals surface area contributed by atoms with Crippen molar-refractivity contribution in [2.75, 3.05) is 64.8 Å². The van der Waals surface area contributed by atoms with Gasteiger partial charge in [-0.15, -0.1) is 0 Å². The molecule has 2 aromatic carbocycles. The molecule has 0 spiro atoms. The number of ether oxygens (including phenoxy) is 1. The number of hydrogen-bond donors (Lipinski definition) is 1. The minimum Gasteiger partial charge on any atom is -0.492 e. The molecule has 1 fully saturated rings. The van der Waals surface area contributed by atoms with E-state index in [0.29, 0.717) is 57.4 Å². The first kappa shape index (κ1) is 25.0. The van der Waals surface area contributed by atoms with Crippen LogP contribution in [0.15, 0.2) is 42.5 Å². The molecule has 0 radical (unpaired) electrons. The van der Waals surface area contributed by atoms with E-state index >= 15 is 0 Å².